The van der Waals surface area contributed by atoms with Gasteiger partial charge in [-0.15, -0.1) is 0 Å². The summed E-state index contributed by atoms with van der Waals surface area (Å²) in [4.78, 5) is 23.8. The summed E-state index contributed by atoms with van der Waals surface area (Å²) in [7, 11) is 0. The molecule has 3 heterocycles. The first-order valence-electron chi connectivity index (χ1n) is 10.7. The smallest absolute Gasteiger partial charge is 0.301 e. The second-order valence-electron chi connectivity index (χ2n) is 8.95. The van der Waals surface area contributed by atoms with Gasteiger partial charge in [-0.2, -0.15) is 13.2 Å². The molecule has 0 atom stereocenters. The maximum Gasteiger partial charge on any atom is 0.416 e. The van der Waals surface area contributed by atoms with E-state index in [2.05, 4.69) is 9.97 Å². The summed E-state index contributed by atoms with van der Waals surface area (Å²) < 4.78 is 54.2. The Bertz CT molecular complexity index is 1410. The van der Waals surface area contributed by atoms with E-state index in [-0.39, 0.29) is 17.4 Å². The minimum Gasteiger partial charge on any atom is -0.301 e. The second-order valence-corrected chi connectivity index (χ2v) is 8.95. The quantitative estimate of drug-likeness (QED) is 0.343. The molecule has 0 saturated heterocycles. The molecule has 4 aromatic rings. The van der Waals surface area contributed by atoms with Gasteiger partial charge < -0.3 is 4.90 Å². The van der Waals surface area contributed by atoms with Gasteiger partial charge in [-0.3, -0.25) is 9.20 Å². The van der Waals surface area contributed by atoms with E-state index in [0.29, 0.717) is 35.4 Å². The Kier molecular flexibility index (Phi) is 4.96. The van der Waals surface area contributed by atoms with Crippen molar-refractivity contribution >= 4 is 17.2 Å². The zero-order valence-corrected chi connectivity index (χ0v) is 18.4. The van der Waals surface area contributed by atoms with Crippen LogP contribution in [-0.4, -0.2) is 25.8 Å². The highest BCUT2D eigenvalue weighted by Gasteiger charge is 2.38. The van der Waals surface area contributed by atoms with Crippen molar-refractivity contribution in [1.82, 2.24) is 14.4 Å². The van der Waals surface area contributed by atoms with Crippen molar-refractivity contribution in [3.05, 3.63) is 83.7 Å². The van der Waals surface area contributed by atoms with Gasteiger partial charge in [-0.1, -0.05) is 12.1 Å². The normalized spacial score (nSPS) is 15.4. The summed E-state index contributed by atoms with van der Waals surface area (Å²) in [6.45, 7) is 3.89. The molecule has 1 aliphatic heterocycles. The Labute approximate surface area is 192 Å². The third-order valence-electron chi connectivity index (χ3n) is 6.22. The predicted molar refractivity (Wildman–Crippen MR) is 119 cm³/mol. The summed E-state index contributed by atoms with van der Waals surface area (Å²) in [5.74, 6) is -0.712. The Morgan fingerprint density at radius 3 is 2.47 bits per heavy atom. The molecule has 0 bridgehead atoms. The Hall–Kier alpha value is -3.75. The van der Waals surface area contributed by atoms with Gasteiger partial charge in [0.15, 0.2) is 5.65 Å². The number of fused-ring (bicyclic) bond motifs is 2. The Morgan fingerprint density at radius 2 is 1.76 bits per heavy atom. The molecule has 174 valence electrons. The van der Waals surface area contributed by atoms with E-state index < -0.39 is 17.3 Å². The topological polar surface area (TPSA) is 50.5 Å². The fraction of sp³-hybridized carbons (Fsp3) is 0.240. The van der Waals surface area contributed by atoms with Crippen LogP contribution < -0.4 is 4.90 Å². The van der Waals surface area contributed by atoms with E-state index >= 15 is 0 Å². The summed E-state index contributed by atoms with van der Waals surface area (Å²) >= 11 is 0. The van der Waals surface area contributed by atoms with Gasteiger partial charge in [0, 0.05) is 23.0 Å². The molecule has 5 rings (SSSR count). The molecule has 0 unspecified atom stereocenters. The number of rotatable bonds is 2. The van der Waals surface area contributed by atoms with Crippen LogP contribution in [0, 0.1) is 5.82 Å². The maximum atomic E-state index is 13.8. The van der Waals surface area contributed by atoms with E-state index in [1.807, 2.05) is 13.8 Å². The third-order valence-corrected chi connectivity index (χ3v) is 6.22. The molecule has 0 radical (unpaired) electrons. The van der Waals surface area contributed by atoms with Crippen LogP contribution in [0.3, 0.4) is 0 Å². The molecule has 1 aliphatic rings. The lowest BCUT2D eigenvalue weighted by atomic mass is 9.86. The number of anilines is 1. The summed E-state index contributed by atoms with van der Waals surface area (Å²) in [6, 6.07) is 9.13. The summed E-state index contributed by atoms with van der Waals surface area (Å²) in [6.07, 6.45) is 1.38. The van der Waals surface area contributed by atoms with Crippen LogP contribution in [0.15, 0.2) is 61.1 Å². The number of alkyl halides is 3. The standard InChI is InChI=1S/C25H20F4N4O/c1-24(2)10-9-16-11-18(26)7-8-20(16)33(24)23(34)19-14-32-21(12-31-22(32)13-30-19)15-3-5-17(6-4-15)25(27,28)29/h3-8,11-14H,9-10H2,1-2H3. The van der Waals surface area contributed by atoms with E-state index in [9.17, 15) is 22.4 Å². The monoisotopic (exact) mass is 468 g/mol. The van der Waals surface area contributed by atoms with Crippen molar-refractivity contribution in [1.29, 1.82) is 0 Å². The van der Waals surface area contributed by atoms with E-state index in [1.54, 1.807) is 15.4 Å². The van der Waals surface area contributed by atoms with Crippen molar-refractivity contribution in [2.24, 2.45) is 0 Å². The number of benzene rings is 2. The minimum atomic E-state index is -4.43. The van der Waals surface area contributed by atoms with Crippen molar-refractivity contribution < 1.29 is 22.4 Å². The number of carbonyl (C=O) groups is 1. The van der Waals surface area contributed by atoms with Crippen molar-refractivity contribution in [2.45, 2.75) is 38.4 Å². The number of hydrogen-bond donors (Lipinski definition) is 0. The number of hydrogen-bond acceptors (Lipinski definition) is 3. The molecule has 2 aromatic heterocycles. The SMILES string of the molecule is CC1(C)CCc2cc(F)ccc2N1C(=O)c1cn2c(-c3ccc(C(F)(F)F)cc3)cnc2cn1. The molecule has 9 heteroatoms. The first kappa shape index (κ1) is 22.1. The van der Waals surface area contributed by atoms with Crippen molar-refractivity contribution in [3.63, 3.8) is 0 Å². The van der Waals surface area contributed by atoms with Crippen LogP contribution in [0.4, 0.5) is 23.2 Å². The van der Waals surface area contributed by atoms with E-state index in [4.69, 9.17) is 0 Å². The van der Waals surface area contributed by atoms with Crippen molar-refractivity contribution in [2.75, 3.05) is 4.90 Å². The number of aromatic nitrogens is 3. The largest absolute Gasteiger partial charge is 0.416 e. The highest BCUT2D eigenvalue weighted by atomic mass is 19.4. The van der Waals surface area contributed by atoms with Crippen LogP contribution in [-0.2, 0) is 12.6 Å². The van der Waals surface area contributed by atoms with Crippen LogP contribution in [0.25, 0.3) is 16.9 Å². The van der Waals surface area contributed by atoms with Crippen LogP contribution in [0.1, 0.15) is 41.9 Å². The van der Waals surface area contributed by atoms with Gasteiger partial charge in [0.05, 0.1) is 23.7 Å². The number of halogens is 4. The summed E-state index contributed by atoms with van der Waals surface area (Å²) in [5.41, 5.74) is 1.76. The molecule has 0 aliphatic carbocycles. The fourth-order valence-electron chi connectivity index (χ4n) is 4.39. The van der Waals surface area contributed by atoms with Gasteiger partial charge in [0.1, 0.15) is 11.5 Å². The number of amides is 1. The average molecular weight is 468 g/mol. The first-order chi connectivity index (χ1) is 16.0. The molecule has 2 aromatic carbocycles. The van der Waals surface area contributed by atoms with Crippen LogP contribution in [0.5, 0.6) is 0 Å². The third kappa shape index (κ3) is 3.70. The number of nitrogens with zero attached hydrogens (tertiary/aromatic N) is 4. The fourth-order valence-corrected chi connectivity index (χ4v) is 4.39. The van der Waals surface area contributed by atoms with Crippen LogP contribution in [0.2, 0.25) is 0 Å². The predicted octanol–water partition coefficient (Wildman–Crippen LogP) is 5.93. The van der Waals surface area contributed by atoms with Gasteiger partial charge in [-0.25, -0.2) is 14.4 Å². The second kappa shape index (κ2) is 7.65. The number of aryl methyl sites for hydroxylation is 1. The van der Waals surface area contributed by atoms with Gasteiger partial charge in [-0.05, 0) is 62.6 Å². The van der Waals surface area contributed by atoms with Crippen LogP contribution >= 0.6 is 0 Å². The molecule has 0 spiro atoms. The molecule has 34 heavy (non-hydrogen) atoms. The molecule has 0 N–H and O–H groups in total. The van der Waals surface area contributed by atoms with Gasteiger partial charge >= 0.3 is 6.18 Å². The zero-order valence-electron chi connectivity index (χ0n) is 18.4. The molecule has 5 nitrogen and oxygen atoms in total. The zero-order chi connectivity index (χ0) is 24.3. The highest BCUT2D eigenvalue weighted by molar-refractivity contribution is 6.06. The number of imidazole rings is 1. The molecular weight excluding hydrogens is 448 g/mol. The lowest BCUT2D eigenvalue weighted by Crippen LogP contribution is -2.51. The highest BCUT2D eigenvalue weighted by Crippen LogP contribution is 2.38. The van der Waals surface area contributed by atoms with Gasteiger partial charge in [0.2, 0.25) is 0 Å². The molecule has 0 saturated carbocycles. The molecule has 0 fully saturated rings. The maximum absolute atomic E-state index is 13.8. The number of carbonyl (C=O) groups excluding carboxylic acids is 1. The Balaban J connectivity index is 1.56. The van der Waals surface area contributed by atoms with E-state index in [1.165, 1.54) is 42.9 Å². The summed E-state index contributed by atoms with van der Waals surface area (Å²) in [5, 5.41) is 0. The van der Waals surface area contributed by atoms with Crippen molar-refractivity contribution in [3.8, 4) is 11.3 Å². The minimum absolute atomic E-state index is 0.143. The lowest BCUT2D eigenvalue weighted by molar-refractivity contribution is -0.137. The molecule has 1 amide bonds. The average Bonchev–Trinajstić information content (AvgIpc) is 3.21. The van der Waals surface area contributed by atoms with E-state index in [0.717, 1.165) is 17.7 Å². The van der Waals surface area contributed by atoms with Gasteiger partial charge in [0.25, 0.3) is 5.91 Å². The Morgan fingerprint density at radius 1 is 1.03 bits per heavy atom. The lowest BCUT2D eigenvalue weighted by Gasteiger charge is -2.43. The first-order valence-corrected chi connectivity index (χ1v) is 10.7. The molecular formula is C25H20F4N4O.